The Labute approximate surface area is 108 Å². The summed E-state index contributed by atoms with van der Waals surface area (Å²) in [5, 5.41) is 0. The molecule has 0 aliphatic carbocycles. The minimum absolute atomic E-state index is 0.551. The second-order valence-electron chi connectivity index (χ2n) is 4.74. The van der Waals surface area contributed by atoms with Crippen molar-refractivity contribution in [1.82, 2.24) is 9.97 Å². The predicted octanol–water partition coefficient (Wildman–Crippen LogP) is 3.08. The van der Waals surface area contributed by atoms with Crippen molar-refractivity contribution < 1.29 is 0 Å². The molecule has 1 aromatic heterocycles. The summed E-state index contributed by atoms with van der Waals surface area (Å²) in [6.45, 7) is 5.08. The van der Waals surface area contributed by atoms with Crippen LogP contribution in [0.2, 0.25) is 0 Å². The van der Waals surface area contributed by atoms with Gasteiger partial charge >= 0.3 is 0 Å². The Hall–Kier alpha value is -0.830. The van der Waals surface area contributed by atoms with Crippen LogP contribution in [-0.2, 0) is 0 Å². The molecule has 2 heterocycles. The summed E-state index contributed by atoms with van der Waals surface area (Å²) in [5.74, 6) is 2.66. The standard InChI is InChI=1S/C13H20ClN3/c1-10-9-13(16-11(2)15-10)17-8-4-3-5-12(17)6-7-14/h9,12H,3-8H2,1-2H3. The van der Waals surface area contributed by atoms with Crippen molar-refractivity contribution in [2.75, 3.05) is 17.3 Å². The van der Waals surface area contributed by atoms with Gasteiger partial charge in [0, 0.05) is 30.2 Å². The molecular formula is C13H20ClN3. The quantitative estimate of drug-likeness (QED) is 0.776. The minimum atomic E-state index is 0.551. The van der Waals surface area contributed by atoms with Crippen LogP contribution in [0.1, 0.15) is 37.2 Å². The predicted molar refractivity (Wildman–Crippen MR) is 71.8 cm³/mol. The van der Waals surface area contributed by atoms with E-state index in [9.17, 15) is 0 Å². The molecule has 1 aliphatic heterocycles. The van der Waals surface area contributed by atoms with Crippen LogP contribution in [0.3, 0.4) is 0 Å². The fourth-order valence-electron chi connectivity index (χ4n) is 2.57. The Bertz CT molecular complexity index is 359. The molecule has 0 saturated carbocycles. The van der Waals surface area contributed by atoms with Crippen molar-refractivity contribution in [2.24, 2.45) is 0 Å². The maximum absolute atomic E-state index is 5.89. The van der Waals surface area contributed by atoms with Gasteiger partial charge in [-0.1, -0.05) is 0 Å². The molecule has 0 amide bonds. The van der Waals surface area contributed by atoms with Gasteiger partial charge in [0.15, 0.2) is 0 Å². The van der Waals surface area contributed by atoms with Gasteiger partial charge < -0.3 is 4.90 Å². The lowest BCUT2D eigenvalue weighted by Gasteiger charge is -2.36. The first-order valence-electron chi connectivity index (χ1n) is 6.35. The van der Waals surface area contributed by atoms with Crippen LogP contribution < -0.4 is 4.90 Å². The topological polar surface area (TPSA) is 29.0 Å². The molecule has 1 aliphatic rings. The average Bonchev–Trinajstić information content (AvgIpc) is 2.29. The summed E-state index contributed by atoms with van der Waals surface area (Å²) in [6, 6.07) is 2.63. The van der Waals surface area contributed by atoms with Crippen LogP contribution >= 0.6 is 11.6 Å². The fourth-order valence-corrected chi connectivity index (χ4v) is 2.82. The number of aryl methyl sites for hydroxylation is 2. The van der Waals surface area contributed by atoms with Crippen molar-refractivity contribution in [3.05, 3.63) is 17.6 Å². The number of hydrogen-bond acceptors (Lipinski definition) is 3. The van der Waals surface area contributed by atoms with Gasteiger partial charge in [-0.15, -0.1) is 11.6 Å². The summed E-state index contributed by atoms with van der Waals surface area (Å²) >= 11 is 5.89. The van der Waals surface area contributed by atoms with Crippen LogP contribution in [0.15, 0.2) is 6.07 Å². The zero-order valence-electron chi connectivity index (χ0n) is 10.6. The lowest BCUT2D eigenvalue weighted by atomic mass is 10.00. The molecular weight excluding hydrogens is 234 g/mol. The van der Waals surface area contributed by atoms with Crippen LogP contribution in [0.4, 0.5) is 5.82 Å². The molecule has 0 aromatic carbocycles. The van der Waals surface area contributed by atoms with Crippen LogP contribution in [0.5, 0.6) is 0 Å². The highest BCUT2D eigenvalue weighted by Crippen LogP contribution is 2.25. The third kappa shape index (κ3) is 3.09. The fraction of sp³-hybridized carbons (Fsp3) is 0.692. The molecule has 0 bridgehead atoms. The Balaban J connectivity index is 2.22. The van der Waals surface area contributed by atoms with Crippen molar-refractivity contribution in [2.45, 2.75) is 45.6 Å². The van der Waals surface area contributed by atoms with E-state index in [1.54, 1.807) is 0 Å². The zero-order chi connectivity index (χ0) is 12.3. The molecule has 1 unspecified atom stereocenters. The van der Waals surface area contributed by atoms with Gasteiger partial charge in [0.05, 0.1) is 0 Å². The molecule has 3 nitrogen and oxygen atoms in total. The first-order chi connectivity index (χ1) is 8.20. The molecule has 0 radical (unpaired) electrons. The van der Waals surface area contributed by atoms with E-state index in [0.717, 1.165) is 36.2 Å². The highest BCUT2D eigenvalue weighted by Gasteiger charge is 2.23. The molecule has 1 fully saturated rings. The lowest BCUT2D eigenvalue weighted by molar-refractivity contribution is 0.447. The molecule has 1 saturated heterocycles. The van der Waals surface area contributed by atoms with Gasteiger partial charge in [-0.25, -0.2) is 9.97 Å². The number of aromatic nitrogens is 2. The van der Waals surface area contributed by atoms with Gasteiger partial charge in [-0.05, 0) is 39.5 Å². The molecule has 4 heteroatoms. The van der Waals surface area contributed by atoms with E-state index in [1.165, 1.54) is 19.3 Å². The molecule has 2 rings (SSSR count). The number of halogens is 1. The summed E-state index contributed by atoms with van der Waals surface area (Å²) in [7, 11) is 0. The zero-order valence-corrected chi connectivity index (χ0v) is 11.4. The first-order valence-corrected chi connectivity index (χ1v) is 6.89. The van der Waals surface area contributed by atoms with Crippen molar-refractivity contribution in [3.8, 4) is 0 Å². The van der Waals surface area contributed by atoms with Crippen molar-refractivity contribution in [1.29, 1.82) is 0 Å². The third-order valence-corrected chi connectivity index (χ3v) is 3.53. The molecule has 0 spiro atoms. The van der Waals surface area contributed by atoms with Gasteiger partial charge in [-0.3, -0.25) is 0 Å². The normalized spacial score (nSPS) is 20.6. The van der Waals surface area contributed by atoms with Crippen molar-refractivity contribution in [3.63, 3.8) is 0 Å². The van der Waals surface area contributed by atoms with E-state index in [4.69, 9.17) is 11.6 Å². The maximum Gasteiger partial charge on any atom is 0.132 e. The second-order valence-corrected chi connectivity index (χ2v) is 5.11. The van der Waals surface area contributed by atoms with Gasteiger partial charge in [0.2, 0.25) is 0 Å². The number of rotatable bonds is 3. The molecule has 17 heavy (non-hydrogen) atoms. The highest BCUT2D eigenvalue weighted by molar-refractivity contribution is 6.17. The first kappa shape index (κ1) is 12.6. The number of alkyl halides is 1. The summed E-state index contributed by atoms with van der Waals surface area (Å²) in [5.41, 5.74) is 1.04. The second kappa shape index (κ2) is 5.67. The third-order valence-electron chi connectivity index (χ3n) is 3.32. The minimum Gasteiger partial charge on any atom is -0.353 e. The summed E-state index contributed by atoms with van der Waals surface area (Å²) < 4.78 is 0. The van der Waals surface area contributed by atoms with E-state index in [-0.39, 0.29) is 0 Å². The Morgan fingerprint density at radius 3 is 2.88 bits per heavy atom. The monoisotopic (exact) mass is 253 g/mol. The number of piperidine rings is 1. The van der Waals surface area contributed by atoms with Gasteiger partial charge in [-0.2, -0.15) is 0 Å². The van der Waals surface area contributed by atoms with Crippen LogP contribution in [-0.4, -0.2) is 28.4 Å². The van der Waals surface area contributed by atoms with E-state index in [2.05, 4.69) is 20.9 Å². The number of anilines is 1. The maximum atomic E-state index is 5.89. The molecule has 1 aromatic rings. The molecule has 1 atom stereocenters. The smallest absolute Gasteiger partial charge is 0.132 e. The Kier molecular flexibility index (Phi) is 4.21. The SMILES string of the molecule is Cc1cc(N2CCCCC2CCCl)nc(C)n1. The Morgan fingerprint density at radius 1 is 1.35 bits per heavy atom. The summed E-state index contributed by atoms with van der Waals surface area (Å²) in [6.07, 6.45) is 4.83. The highest BCUT2D eigenvalue weighted by atomic mass is 35.5. The average molecular weight is 254 g/mol. The number of hydrogen-bond donors (Lipinski definition) is 0. The lowest BCUT2D eigenvalue weighted by Crippen LogP contribution is -2.40. The van der Waals surface area contributed by atoms with Gasteiger partial charge in [0.1, 0.15) is 11.6 Å². The van der Waals surface area contributed by atoms with E-state index >= 15 is 0 Å². The summed E-state index contributed by atoms with van der Waals surface area (Å²) in [4.78, 5) is 11.3. The van der Waals surface area contributed by atoms with Crippen LogP contribution in [0.25, 0.3) is 0 Å². The molecule has 94 valence electrons. The van der Waals surface area contributed by atoms with Gasteiger partial charge in [0.25, 0.3) is 0 Å². The van der Waals surface area contributed by atoms with E-state index in [0.29, 0.717) is 6.04 Å². The van der Waals surface area contributed by atoms with E-state index in [1.807, 2.05) is 13.8 Å². The molecule has 0 N–H and O–H groups in total. The largest absolute Gasteiger partial charge is 0.353 e. The Morgan fingerprint density at radius 2 is 2.18 bits per heavy atom. The van der Waals surface area contributed by atoms with Crippen LogP contribution in [0, 0.1) is 13.8 Å². The van der Waals surface area contributed by atoms with Crippen molar-refractivity contribution >= 4 is 17.4 Å². The van der Waals surface area contributed by atoms with E-state index < -0.39 is 0 Å². The number of nitrogens with zero attached hydrogens (tertiary/aromatic N) is 3.